The summed E-state index contributed by atoms with van der Waals surface area (Å²) in [5, 5.41) is 17.5. The quantitative estimate of drug-likeness (QED) is 0.282. The Hall–Kier alpha value is -2.60. The number of Topliss-reactive ketones (excluding diaryl/α,β-unsaturated/α-hetero) is 1. The third-order valence-electron chi connectivity index (χ3n) is 3.78. The largest absolute Gasteiger partial charge is 0.462 e. The van der Waals surface area contributed by atoms with E-state index in [0.717, 1.165) is 11.3 Å². The summed E-state index contributed by atoms with van der Waals surface area (Å²) in [4.78, 5) is 47.2. The fraction of sp³-hybridized carbons (Fsp3) is 0.375. The molecule has 150 valence electrons. The molecule has 0 radical (unpaired) electrons. The van der Waals surface area contributed by atoms with Crippen LogP contribution >= 0.6 is 27.3 Å². The van der Waals surface area contributed by atoms with E-state index in [-0.39, 0.29) is 34.0 Å². The Morgan fingerprint density at radius 1 is 1.36 bits per heavy atom. The Bertz CT molecular complexity index is 980. The van der Waals surface area contributed by atoms with Crippen LogP contribution in [0.1, 0.15) is 45.1 Å². The minimum atomic E-state index is -0.661. The Kier molecular flexibility index (Phi) is 6.67. The molecule has 0 atom stereocenters. The number of aromatic nitrogens is 2. The minimum absolute atomic E-state index is 0.120. The summed E-state index contributed by atoms with van der Waals surface area (Å²) in [7, 11) is 0. The first kappa shape index (κ1) is 21.7. The van der Waals surface area contributed by atoms with Gasteiger partial charge in [0.25, 0.3) is 0 Å². The van der Waals surface area contributed by atoms with Gasteiger partial charge in [0.05, 0.1) is 27.8 Å². The lowest BCUT2D eigenvalue weighted by Crippen LogP contribution is -2.21. The number of nitro groups is 1. The lowest BCUT2D eigenvalue weighted by molar-refractivity contribution is -0.390. The highest BCUT2D eigenvalue weighted by Gasteiger charge is 2.27. The monoisotopic (exact) mass is 472 g/mol. The van der Waals surface area contributed by atoms with Gasteiger partial charge in [-0.1, -0.05) is 0 Å². The van der Waals surface area contributed by atoms with Crippen molar-refractivity contribution < 1.29 is 24.0 Å². The standard InChI is InChI=1S/C16H17BrN4O6S/c1-5-27-16(24)11-7(2)13(9(4)22)28-15(11)18-10(23)6-20-8(3)12(17)14(19-20)21(25)26/h5-6H2,1-4H3,(H,18,23). The van der Waals surface area contributed by atoms with Crippen molar-refractivity contribution in [2.75, 3.05) is 11.9 Å². The maximum Gasteiger partial charge on any atom is 0.404 e. The van der Waals surface area contributed by atoms with Crippen LogP contribution in [0.4, 0.5) is 10.8 Å². The Morgan fingerprint density at radius 3 is 2.50 bits per heavy atom. The lowest BCUT2D eigenvalue weighted by atomic mass is 10.1. The molecule has 10 nitrogen and oxygen atoms in total. The summed E-state index contributed by atoms with van der Waals surface area (Å²) < 4.78 is 6.37. The SMILES string of the molecule is CCOC(=O)c1c(NC(=O)Cn2nc([N+](=O)[O-])c(Br)c2C)sc(C(C)=O)c1C. The van der Waals surface area contributed by atoms with E-state index >= 15 is 0 Å². The number of anilines is 1. The van der Waals surface area contributed by atoms with E-state index in [2.05, 4.69) is 26.3 Å². The molecular formula is C16H17BrN4O6S. The molecular weight excluding hydrogens is 456 g/mol. The molecule has 0 aromatic carbocycles. The van der Waals surface area contributed by atoms with E-state index < -0.39 is 22.6 Å². The molecule has 2 aromatic rings. The number of carbonyl (C=O) groups is 3. The molecule has 0 aliphatic carbocycles. The lowest BCUT2D eigenvalue weighted by Gasteiger charge is -2.07. The average molecular weight is 473 g/mol. The van der Waals surface area contributed by atoms with Crippen molar-refractivity contribution in [1.82, 2.24) is 9.78 Å². The predicted molar refractivity (Wildman–Crippen MR) is 105 cm³/mol. The zero-order valence-electron chi connectivity index (χ0n) is 15.5. The molecule has 0 saturated heterocycles. The van der Waals surface area contributed by atoms with E-state index in [1.54, 1.807) is 20.8 Å². The van der Waals surface area contributed by atoms with Crippen LogP contribution in [0.2, 0.25) is 0 Å². The van der Waals surface area contributed by atoms with Crippen molar-refractivity contribution in [3.8, 4) is 0 Å². The van der Waals surface area contributed by atoms with Crippen LogP contribution in [0.25, 0.3) is 0 Å². The van der Waals surface area contributed by atoms with Gasteiger partial charge in [0.15, 0.2) is 5.78 Å². The molecule has 0 fully saturated rings. The second-order valence-electron chi connectivity index (χ2n) is 5.72. The first-order chi connectivity index (χ1) is 13.1. The van der Waals surface area contributed by atoms with E-state index in [4.69, 9.17) is 4.74 Å². The average Bonchev–Trinajstić information content (AvgIpc) is 3.06. The first-order valence-electron chi connectivity index (χ1n) is 8.07. The molecule has 0 saturated carbocycles. The second-order valence-corrected chi connectivity index (χ2v) is 7.54. The zero-order valence-corrected chi connectivity index (χ0v) is 17.9. The van der Waals surface area contributed by atoms with Crippen LogP contribution in [0.15, 0.2) is 4.47 Å². The van der Waals surface area contributed by atoms with Crippen LogP contribution in [0, 0.1) is 24.0 Å². The molecule has 0 bridgehead atoms. The Balaban J connectivity index is 2.32. The number of nitrogens with zero attached hydrogens (tertiary/aromatic N) is 3. The van der Waals surface area contributed by atoms with E-state index in [9.17, 15) is 24.5 Å². The first-order valence-corrected chi connectivity index (χ1v) is 9.67. The molecule has 1 N–H and O–H groups in total. The number of ether oxygens (including phenoxy) is 1. The van der Waals surface area contributed by atoms with Crippen LogP contribution in [-0.2, 0) is 16.1 Å². The fourth-order valence-corrected chi connectivity index (χ4v) is 4.00. The van der Waals surface area contributed by atoms with Crippen molar-refractivity contribution >= 4 is 55.7 Å². The van der Waals surface area contributed by atoms with Crippen molar-refractivity contribution in [1.29, 1.82) is 0 Å². The van der Waals surface area contributed by atoms with E-state index in [1.807, 2.05) is 0 Å². The fourth-order valence-electron chi connectivity index (χ4n) is 2.47. The van der Waals surface area contributed by atoms with E-state index in [1.165, 1.54) is 11.6 Å². The maximum absolute atomic E-state index is 12.5. The number of rotatable bonds is 7. The van der Waals surface area contributed by atoms with Crippen LogP contribution < -0.4 is 5.32 Å². The molecule has 28 heavy (non-hydrogen) atoms. The van der Waals surface area contributed by atoms with Gasteiger partial charge in [0.1, 0.15) is 16.0 Å². The Morgan fingerprint density at radius 2 is 2.00 bits per heavy atom. The van der Waals surface area contributed by atoms with E-state index in [0.29, 0.717) is 16.1 Å². The zero-order chi connectivity index (χ0) is 21.2. The Labute approximate surface area is 172 Å². The van der Waals surface area contributed by atoms with Gasteiger partial charge in [0, 0.05) is 0 Å². The summed E-state index contributed by atoms with van der Waals surface area (Å²) in [5.41, 5.74) is 0.953. The molecule has 0 aliphatic heterocycles. The summed E-state index contributed by atoms with van der Waals surface area (Å²) in [6.07, 6.45) is 0. The normalized spacial score (nSPS) is 10.6. The third-order valence-corrected chi connectivity index (χ3v) is 6.02. The summed E-state index contributed by atoms with van der Waals surface area (Å²) in [6.45, 7) is 6.02. The highest BCUT2D eigenvalue weighted by atomic mass is 79.9. The van der Waals surface area contributed by atoms with Gasteiger partial charge < -0.3 is 20.2 Å². The number of halogens is 1. The number of esters is 1. The predicted octanol–water partition coefficient (Wildman–Crippen LogP) is 3.25. The topological polar surface area (TPSA) is 133 Å². The number of hydrogen-bond acceptors (Lipinski definition) is 8. The van der Waals surface area contributed by atoms with Crippen molar-refractivity contribution in [3.05, 3.63) is 36.3 Å². The number of carbonyl (C=O) groups excluding carboxylic acids is 3. The number of ketones is 1. The minimum Gasteiger partial charge on any atom is -0.462 e. The van der Waals surface area contributed by atoms with Crippen LogP contribution in [0.5, 0.6) is 0 Å². The number of thiophene rings is 1. The van der Waals surface area contributed by atoms with Gasteiger partial charge in [-0.05, 0) is 54.1 Å². The van der Waals surface area contributed by atoms with Crippen LogP contribution in [0.3, 0.4) is 0 Å². The number of hydrogen-bond donors (Lipinski definition) is 1. The highest BCUT2D eigenvalue weighted by Crippen LogP contribution is 2.34. The summed E-state index contributed by atoms with van der Waals surface area (Å²) >= 11 is 4.06. The molecule has 0 aliphatic rings. The van der Waals surface area contributed by atoms with Crippen molar-refractivity contribution in [2.45, 2.75) is 34.2 Å². The van der Waals surface area contributed by atoms with Crippen molar-refractivity contribution in [3.63, 3.8) is 0 Å². The number of nitrogens with one attached hydrogen (secondary N) is 1. The summed E-state index contributed by atoms with van der Waals surface area (Å²) in [6, 6.07) is 0. The molecule has 2 heterocycles. The van der Waals surface area contributed by atoms with Gasteiger partial charge in [-0.25, -0.2) is 4.79 Å². The molecule has 12 heteroatoms. The molecule has 0 unspecified atom stereocenters. The number of amides is 1. The highest BCUT2D eigenvalue weighted by molar-refractivity contribution is 9.10. The van der Waals surface area contributed by atoms with Gasteiger partial charge >= 0.3 is 11.8 Å². The van der Waals surface area contributed by atoms with Gasteiger partial charge in [-0.2, -0.15) is 4.68 Å². The maximum atomic E-state index is 12.5. The smallest absolute Gasteiger partial charge is 0.404 e. The second kappa shape index (κ2) is 8.61. The van der Waals surface area contributed by atoms with Crippen molar-refractivity contribution in [2.24, 2.45) is 0 Å². The summed E-state index contributed by atoms with van der Waals surface area (Å²) in [5.74, 6) is -1.85. The molecule has 2 aromatic heterocycles. The molecule has 0 spiro atoms. The van der Waals surface area contributed by atoms with Crippen LogP contribution in [-0.4, -0.2) is 39.0 Å². The van der Waals surface area contributed by atoms with Gasteiger partial charge in [0.2, 0.25) is 5.91 Å². The molecule has 1 amide bonds. The van der Waals surface area contributed by atoms with Gasteiger partial charge in [-0.15, -0.1) is 11.3 Å². The van der Waals surface area contributed by atoms with Gasteiger partial charge in [-0.3, -0.25) is 9.59 Å². The molecule has 2 rings (SSSR count). The third kappa shape index (κ3) is 4.28.